The second-order valence-corrected chi connectivity index (χ2v) is 5.46. The second-order valence-electron chi connectivity index (χ2n) is 5.46. The van der Waals surface area contributed by atoms with Gasteiger partial charge in [0.2, 0.25) is 5.91 Å². The Morgan fingerprint density at radius 2 is 2.26 bits per heavy atom. The molecule has 0 saturated heterocycles. The topological polar surface area (TPSA) is 97.1 Å². The molecule has 8 heteroatoms. The van der Waals surface area contributed by atoms with Crippen LogP contribution < -0.4 is 5.32 Å². The Bertz CT molecular complexity index is 759. The minimum absolute atomic E-state index is 0.118. The Hall–Kier alpha value is -2.77. The predicted octanol–water partition coefficient (Wildman–Crippen LogP) is 1.31. The molecular weight excluding hydrogens is 303 g/mol. The molecule has 1 aliphatic carbocycles. The molecule has 1 aliphatic rings. The van der Waals surface area contributed by atoms with E-state index in [0.29, 0.717) is 0 Å². The van der Waals surface area contributed by atoms with E-state index in [1.807, 2.05) is 0 Å². The minimum Gasteiger partial charge on any atom is -0.476 e. The van der Waals surface area contributed by atoms with Crippen molar-refractivity contribution in [2.24, 2.45) is 0 Å². The number of carboxylic acids is 1. The van der Waals surface area contributed by atoms with Crippen LogP contribution in [-0.2, 0) is 17.8 Å². The number of amides is 1. The van der Waals surface area contributed by atoms with Crippen molar-refractivity contribution in [3.63, 3.8) is 0 Å². The number of aryl methyl sites for hydroxylation is 1. The molecule has 0 bridgehead atoms. The number of hydrogen-bond donors (Lipinski definition) is 2. The molecule has 2 aromatic rings. The van der Waals surface area contributed by atoms with Crippen LogP contribution in [0.1, 0.15) is 40.5 Å². The van der Waals surface area contributed by atoms with E-state index in [9.17, 15) is 14.0 Å². The molecule has 0 radical (unpaired) electrons. The molecule has 23 heavy (non-hydrogen) atoms. The molecular formula is C15H15FN4O3. The Kier molecular flexibility index (Phi) is 4.05. The highest BCUT2D eigenvalue weighted by Crippen LogP contribution is 2.30. The highest BCUT2D eigenvalue weighted by molar-refractivity contribution is 5.84. The zero-order chi connectivity index (χ0) is 16.4. The highest BCUT2D eigenvalue weighted by atomic mass is 19.1. The summed E-state index contributed by atoms with van der Waals surface area (Å²) in [7, 11) is 0. The Labute approximate surface area is 131 Å². The maximum Gasteiger partial charge on any atom is 0.358 e. The molecule has 1 unspecified atom stereocenters. The lowest BCUT2D eigenvalue weighted by Gasteiger charge is -2.26. The Balaban J connectivity index is 1.68. The van der Waals surface area contributed by atoms with Gasteiger partial charge in [0.15, 0.2) is 5.69 Å². The maximum atomic E-state index is 13.3. The molecule has 7 nitrogen and oxygen atoms in total. The van der Waals surface area contributed by atoms with Gasteiger partial charge in [-0.3, -0.25) is 4.79 Å². The first-order valence-corrected chi connectivity index (χ1v) is 7.24. The van der Waals surface area contributed by atoms with Gasteiger partial charge in [-0.2, -0.15) is 0 Å². The van der Waals surface area contributed by atoms with Crippen LogP contribution in [0.3, 0.4) is 0 Å². The van der Waals surface area contributed by atoms with Gasteiger partial charge in [-0.15, -0.1) is 5.10 Å². The summed E-state index contributed by atoms with van der Waals surface area (Å²) in [5, 5.41) is 18.7. The number of carbonyl (C=O) groups excluding carboxylic acids is 1. The van der Waals surface area contributed by atoms with Gasteiger partial charge in [-0.25, -0.2) is 13.9 Å². The number of hydrogen-bond acceptors (Lipinski definition) is 4. The van der Waals surface area contributed by atoms with Crippen LogP contribution in [-0.4, -0.2) is 32.0 Å². The largest absolute Gasteiger partial charge is 0.476 e. The third kappa shape index (κ3) is 3.36. The quantitative estimate of drug-likeness (QED) is 0.886. The van der Waals surface area contributed by atoms with E-state index in [1.54, 1.807) is 6.07 Å². The molecule has 1 amide bonds. The monoisotopic (exact) mass is 318 g/mol. The lowest BCUT2D eigenvalue weighted by molar-refractivity contribution is -0.122. The predicted molar refractivity (Wildman–Crippen MR) is 77.2 cm³/mol. The van der Waals surface area contributed by atoms with Gasteiger partial charge >= 0.3 is 5.97 Å². The summed E-state index contributed by atoms with van der Waals surface area (Å²) in [5.74, 6) is -1.77. The molecule has 2 N–H and O–H groups in total. The van der Waals surface area contributed by atoms with E-state index < -0.39 is 5.97 Å². The van der Waals surface area contributed by atoms with Crippen molar-refractivity contribution in [3.8, 4) is 0 Å². The van der Waals surface area contributed by atoms with E-state index in [-0.39, 0.29) is 30.0 Å². The van der Waals surface area contributed by atoms with Gasteiger partial charge in [0.25, 0.3) is 0 Å². The lowest BCUT2D eigenvalue weighted by Crippen LogP contribution is -2.33. The fraction of sp³-hybridized carbons (Fsp3) is 0.333. The summed E-state index contributed by atoms with van der Waals surface area (Å²) in [4.78, 5) is 22.9. The molecule has 1 aromatic heterocycles. The van der Waals surface area contributed by atoms with E-state index >= 15 is 0 Å². The average molecular weight is 318 g/mol. The van der Waals surface area contributed by atoms with Crippen LogP contribution in [0.15, 0.2) is 24.4 Å². The smallest absolute Gasteiger partial charge is 0.358 e. The SMILES string of the molecule is O=C(Cn1cc(C(=O)O)nn1)NC1CCCc2cc(F)ccc21. The molecule has 1 heterocycles. The standard InChI is InChI=1S/C15H15FN4O3/c16-10-4-5-11-9(6-10)2-1-3-12(11)17-14(21)8-20-7-13(15(22)23)18-19-20/h4-7,12H,1-3,8H2,(H,17,21)(H,22,23). The van der Waals surface area contributed by atoms with Crippen LogP contribution >= 0.6 is 0 Å². The van der Waals surface area contributed by atoms with E-state index in [2.05, 4.69) is 15.6 Å². The molecule has 0 saturated carbocycles. The van der Waals surface area contributed by atoms with E-state index in [4.69, 9.17) is 5.11 Å². The van der Waals surface area contributed by atoms with Crippen molar-refractivity contribution in [1.82, 2.24) is 20.3 Å². The molecule has 0 aliphatic heterocycles. The van der Waals surface area contributed by atoms with Crippen LogP contribution in [0.25, 0.3) is 0 Å². The molecule has 0 spiro atoms. The molecule has 0 fully saturated rings. The van der Waals surface area contributed by atoms with Crippen LogP contribution in [0.4, 0.5) is 4.39 Å². The summed E-state index contributed by atoms with van der Waals surface area (Å²) >= 11 is 0. The average Bonchev–Trinajstić information content (AvgIpc) is 2.95. The maximum absolute atomic E-state index is 13.3. The van der Waals surface area contributed by atoms with Crippen molar-refractivity contribution >= 4 is 11.9 Å². The van der Waals surface area contributed by atoms with Gasteiger partial charge < -0.3 is 10.4 Å². The number of fused-ring (bicyclic) bond motifs is 1. The van der Waals surface area contributed by atoms with Crippen LogP contribution in [0, 0.1) is 5.82 Å². The fourth-order valence-corrected chi connectivity index (χ4v) is 2.79. The summed E-state index contributed by atoms with van der Waals surface area (Å²) in [6.07, 6.45) is 3.65. The zero-order valence-corrected chi connectivity index (χ0v) is 12.2. The Morgan fingerprint density at radius 3 is 3.00 bits per heavy atom. The fourth-order valence-electron chi connectivity index (χ4n) is 2.79. The summed E-state index contributed by atoms with van der Waals surface area (Å²) in [6.45, 7) is -0.118. The van der Waals surface area contributed by atoms with Gasteiger partial charge in [0.1, 0.15) is 12.4 Å². The Morgan fingerprint density at radius 1 is 1.43 bits per heavy atom. The first-order valence-electron chi connectivity index (χ1n) is 7.24. The number of halogens is 1. The lowest BCUT2D eigenvalue weighted by atomic mass is 9.87. The second kappa shape index (κ2) is 6.15. The van der Waals surface area contributed by atoms with Crippen LogP contribution in [0.2, 0.25) is 0 Å². The summed E-state index contributed by atoms with van der Waals surface area (Å²) in [6, 6.07) is 4.42. The number of rotatable bonds is 4. The van der Waals surface area contributed by atoms with Gasteiger partial charge in [0, 0.05) is 0 Å². The normalized spacial score (nSPS) is 16.7. The van der Waals surface area contributed by atoms with Crippen molar-refractivity contribution in [2.75, 3.05) is 0 Å². The van der Waals surface area contributed by atoms with Crippen LogP contribution in [0.5, 0.6) is 0 Å². The number of nitrogens with one attached hydrogen (secondary N) is 1. The first kappa shape index (κ1) is 15.1. The minimum atomic E-state index is -1.19. The van der Waals surface area contributed by atoms with E-state index in [0.717, 1.165) is 30.4 Å². The number of aromatic nitrogens is 3. The van der Waals surface area contributed by atoms with Crippen molar-refractivity contribution < 1.29 is 19.1 Å². The number of carbonyl (C=O) groups is 2. The number of nitrogens with zero attached hydrogens (tertiary/aromatic N) is 3. The van der Waals surface area contributed by atoms with Crippen molar-refractivity contribution in [1.29, 1.82) is 0 Å². The molecule has 1 aromatic carbocycles. The number of carboxylic acid groups (broad SMARTS) is 1. The first-order chi connectivity index (χ1) is 11.0. The summed E-state index contributed by atoms with van der Waals surface area (Å²) in [5.41, 5.74) is 1.63. The van der Waals surface area contributed by atoms with Gasteiger partial charge in [-0.05, 0) is 42.5 Å². The summed E-state index contributed by atoms with van der Waals surface area (Å²) < 4.78 is 14.5. The zero-order valence-electron chi connectivity index (χ0n) is 12.2. The van der Waals surface area contributed by atoms with Crippen molar-refractivity contribution in [2.45, 2.75) is 31.8 Å². The third-order valence-electron chi connectivity index (χ3n) is 3.82. The number of benzene rings is 1. The highest BCUT2D eigenvalue weighted by Gasteiger charge is 2.22. The third-order valence-corrected chi connectivity index (χ3v) is 3.82. The molecule has 3 rings (SSSR count). The van der Waals surface area contributed by atoms with E-state index in [1.165, 1.54) is 23.0 Å². The van der Waals surface area contributed by atoms with Gasteiger partial charge in [0.05, 0.1) is 12.2 Å². The molecule has 1 atom stereocenters. The van der Waals surface area contributed by atoms with Crippen molar-refractivity contribution in [3.05, 3.63) is 47.0 Å². The van der Waals surface area contributed by atoms with Gasteiger partial charge in [-0.1, -0.05) is 11.3 Å². The number of aromatic carboxylic acids is 1. The molecule has 120 valence electrons.